The quantitative estimate of drug-likeness (QED) is 0.909. The van der Waals surface area contributed by atoms with Crippen LogP contribution >= 0.6 is 15.9 Å². The van der Waals surface area contributed by atoms with Crippen molar-refractivity contribution in [1.29, 1.82) is 0 Å². The molecule has 1 amide bonds. The second-order valence-corrected chi connectivity index (χ2v) is 5.97. The minimum Gasteiger partial charge on any atom is -0.378 e. The van der Waals surface area contributed by atoms with E-state index in [4.69, 9.17) is 4.74 Å². The zero-order chi connectivity index (χ0) is 13.4. The van der Waals surface area contributed by atoms with E-state index in [9.17, 15) is 4.79 Å². The first kappa shape index (κ1) is 12.9. The van der Waals surface area contributed by atoms with Gasteiger partial charge in [-0.05, 0) is 24.6 Å². The predicted octanol–water partition coefficient (Wildman–Crippen LogP) is 2.63. The predicted molar refractivity (Wildman–Crippen MR) is 78.5 cm³/mol. The SMILES string of the molecule is CCCN1c2cc(Br)ccc2NC(=O)C2COCC21. The van der Waals surface area contributed by atoms with Crippen molar-refractivity contribution in [2.75, 3.05) is 30.0 Å². The Morgan fingerprint density at radius 2 is 2.32 bits per heavy atom. The summed E-state index contributed by atoms with van der Waals surface area (Å²) in [6.07, 6.45) is 1.05. The molecule has 1 aromatic carbocycles. The van der Waals surface area contributed by atoms with Gasteiger partial charge in [0.25, 0.3) is 0 Å². The summed E-state index contributed by atoms with van der Waals surface area (Å²) in [7, 11) is 0. The monoisotopic (exact) mass is 324 g/mol. The minimum atomic E-state index is -0.0716. The first-order valence-electron chi connectivity index (χ1n) is 6.65. The van der Waals surface area contributed by atoms with Crippen molar-refractivity contribution in [3.05, 3.63) is 22.7 Å². The maximum atomic E-state index is 12.3. The Labute approximate surface area is 121 Å². The van der Waals surface area contributed by atoms with Crippen LogP contribution in [0.4, 0.5) is 11.4 Å². The van der Waals surface area contributed by atoms with Gasteiger partial charge in [0.15, 0.2) is 0 Å². The fraction of sp³-hybridized carbons (Fsp3) is 0.500. The van der Waals surface area contributed by atoms with E-state index in [-0.39, 0.29) is 17.9 Å². The molecule has 1 fully saturated rings. The Balaban J connectivity index is 2.07. The van der Waals surface area contributed by atoms with Crippen LogP contribution in [-0.4, -0.2) is 31.7 Å². The maximum absolute atomic E-state index is 12.3. The van der Waals surface area contributed by atoms with Crippen LogP contribution in [0.5, 0.6) is 0 Å². The molecule has 1 saturated heterocycles. The van der Waals surface area contributed by atoms with Crippen LogP contribution in [0.1, 0.15) is 13.3 Å². The van der Waals surface area contributed by atoms with E-state index < -0.39 is 0 Å². The Bertz CT molecular complexity index is 506. The molecule has 1 aromatic rings. The number of hydrogen-bond acceptors (Lipinski definition) is 3. The van der Waals surface area contributed by atoms with Gasteiger partial charge in [-0.3, -0.25) is 4.79 Å². The lowest BCUT2D eigenvalue weighted by Crippen LogP contribution is -2.43. The third-order valence-corrected chi connectivity index (χ3v) is 4.27. The first-order chi connectivity index (χ1) is 9.20. The standard InChI is InChI=1S/C14H17BrN2O2/c1-2-5-17-12-6-9(15)3-4-11(12)16-14(18)10-7-19-8-13(10)17/h3-4,6,10,13H,2,5,7-8H2,1H3,(H,16,18). The Hall–Kier alpha value is -1.07. The van der Waals surface area contributed by atoms with E-state index in [1.54, 1.807) is 0 Å². The Kier molecular flexibility index (Phi) is 3.50. The zero-order valence-corrected chi connectivity index (χ0v) is 12.4. The molecule has 0 radical (unpaired) electrons. The molecule has 0 aromatic heterocycles. The van der Waals surface area contributed by atoms with Gasteiger partial charge < -0.3 is 15.0 Å². The number of nitrogens with zero attached hydrogens (tertiary/aromatic N) is 1. The van der Waals surface area contributed by atoms with Crippen LogP contribution < -0.4 is 10.2 Å². The lowest BCUT2D eigenvalue weighted by molar-refractivity contribution is -0.120. The van der Waals surface area contributed by atoms with Crippen molar-refractivity contribution >= 4 is 33.2 Å². The van der Waals surface area contributed by atoms with Gasteiger partial charge in [-0.1, -0.05) is 22.9 Å². The van der Waals surface area contributed by atoms with E-state index in [1.165, 1.54) is 0 Å². The van der Waals surface area contributed by atoms with Gasteiger partial charge in [0.1, 0.15) is 0 Å². The van der Waals surface area contributed by atoms with Gasteiger partial charge in [-0.25, -0.2) is 0 Å². The number of halogens is 1. The highest BCUT2D eigenvalue weighted by atomic mass is 79.9. The molecule has 0 bridgehead atoms. The van der Waals surface area contributed by atoms with Crippen LogP contribution in [-0.2, 0) is 9.53 Å². The van der Waals surface area contributed by atoms with Crippen molar-refractivity contribution in [1.82, 2.24) is 0 Å². The summed E-state index contributed by atoms with van der Waals surface area (Å²) in [5.41, 5.74) is 1.98. The fourth-order valence-corrected chi connectivity index (χ4v) is 3.23. The van der Waals surface area contributed by atoms with E-state index >= 15 is 0 Å². The van der Waals surface area contributed by atoms with Crippen molar-refractivity contribution < 1.29 is 9.53 Å². The van der Waals surface area contributed by atoms with Gasteiger partial charge >= 0.3 is 0 Å². The highest BCUT2D eigenvalue weighted by Gasteiger charge is 2.41. The fourth-order valence-electron chi connectivity index (χ4n) is 2.88. The van der Waals surface area contributed by atoms with E-state index in [0.717, 1.165) is 28.8 Å². The van der Waals surface area contributed by atoms with Crippen LogP contribution in [0.15, 0.2) is 22.7 Å². The summed E-state index contributed by atoms with van der Waals surface area (Å²) in [6.45, 7) is 4.24. The summed E-state index contributed by atoms with van der Waals surface area (Å²) in [6, 6.07) is 6.14. The summed E-state index contributed by atoms with van der Waals surface area (Å²) in [5, 5.41) is 3.03. The number of ether oxygens (including phenoxy) is 1. The molecule has 2 unspecified atom stereocenters. The maximum Gasteiger partial charge on any atom is 0.232 e. The molecular weight excluding hydrogens is 308 g/mol. The molecule has 0 aliphatic carbocycles. The molecule has 2 aliphatic heterocycles. The number of benzene rings is 1. The third-order valence-electron chi connectivity index (χ3n) is 3.78. The normalized spacial score (nSPS) is 25.6. The zero-order valence-electron chi connectivity index (χ0n) is 10.9. The van der Waals surface area contributed by atoms with E-state index in [2.05, 4.69) is 39.1 Å². The highest BCUT2D eigenvalue weighted by Crippen LogP contribution is 2.37. The van der Waals surface area contributed by atoms with Gasteiger partial charge in [-0.2, -0.15) is 0 Å². The van der Waals surface area contributed by atoms with Crippen molar-refractivity contribution in [3.63, 3.8) is 0 Å². The smallest absolute Gasteiger partial charge is 0.232 e. The molecule has 102 valence electrons. The largest absolute Gasteiger partial charge is 0.378 e. The molecular formula is C14H17BrN2O2. The summed E-state index contributed by atoms with van der Waals surface area (Å²) >= 11 is 3.51. The topological polar surface area (TPSA) is 41.6 Å². The number of hydrogen-bond donors (Lipinski definition) is 1. The minimum absolute atomic E-state index is 0.0716. The van der Waals surface area contributed by atoms with Crippen LogP contribution in [0.25, 0.3) is 0 Å². The lowest BCUT2D eigenvalue weighted by Gasteiger charge is -2.31. The number of carbonyl (C=O) groups excluding carboxylic acids is 1. The van der Waals surface area contributed by atoms with E-state index in [0.29, 0.717) is 13.2 Å². The average Bonchev–Trinajstić information content (AvgIpc) is 2.83. The van der Waals surface area contributed by atoms with Gasteiger partial charge in [0, 0.05) is 11.0 Å². The molecule has 3 rings (SSSR count). The molecule has 4 nitrogen and oxygen atoms in total. The molecule has 0 saturated carbocycles. The summed E-state index contributed by atoms with van der Waals surface area (Å²) < 4.78 is 6.55. The number of anilines is 2. The van der Waals surface area contributed by atoms with Crippen molar-refractivity contribution in [2.45, 2.75) is 19.4 Å². The lowest BCUT2D eigenvalue weighted by atomic mass is 10.0. The van der Waals surface area contributed by atoms with Crippen molar-refractivity contribution in [3.8, 4) is 0 Å². The average molecular weight is 325 g/mol. The number of nitrogens with one attached hydrogen (secondary N) is 1. The Morgan fingerprint density at radius 1 is 1.47 bits per heavy atom. The number of amides is 1. The van der Waals surface area contributed by atoms with Gasteiger partial charge in [0.2, 0.25) is 5.91 Å². The van der Waals surface area contributed by atoms with Crippen LogP contribution in [0.3, 0.4) is 0 Å². The van der Waals surface area contributed by atoms with Crippen LogP contribution in [0.2, 0.25) is 0 Å². The summed E-state index contributed by atoms with van der Waals surface area (Å²) in [4.78, 5) is 14.6. The second-order valence-electron chi connectivity index (χ2n) is 5.06. The third kappa shape index (κ3) is 2.25. The number of carbonyl (C=O) groups is 1. The first-order valence-corrected chi connectivity index (χ1v) is 7.45. The highest BCUT2D eigenvalue weighted by molar-refractivity contribution is 9.10. The molecule has 0 spiro atoms. The van der Waals surface area contributed by atoms with Crippen LogP contribution in [0, 0.1) is 5.92 Å². The Morgan fingerprint density at radius 3 is 3.11 bits per heavy atom. The van der Waals surface area contributed by atoms with Gasteiger partial charge in [0.05, 0.1) is 36.5 Å². The molecule has 1 N–H and O–H groups in total. The second kappa shape index (κ2) is 5.13. The molecule has 2 heterocycles. The molecule has 2 aliphatic rings. The number of rotatable bonds is 2. The van der Waals surface area contributed by atoms with Gasteiger partial charge in [-0.15, -0.1) is 0 Å². The molecule has 2 atom stereocenters. The van der Waals surface area contributed by atoms with Crippen molar-refractivity contribution in [2.24, 2.45) is 5.92 Å². The molecule has 19 heavy (non-hydrogen) atoms. The number of fused-ring (bicyclic) bond motifs is 2. The molecule has 5 heteroatoms. The summed E-state index contributed by atoms with van der Waals surface area (Å²) in [5.74, 6) is 0.00222. The van der Waals surface area contributed by atoms with E-state index in [1.807, 2.05) is 12.1 Å².